The van der Waals surface area contributed by atoms with Gasteiger partial charge in [-0.05, 0) is 25.7 Å². The molecule has 3 heteroatoms. The highest BCUT2D eigenvalue weighted by atomic mass is 16.4. The number of carbonyl (C=O) groups is 1. The number of hydrogen-bond donors (Lipinski definition) is 2. The number of rotatable bonds is 9. The fraction of sp³-hybridized carbons (Fsp3) is 0.583. The van der Waals surface area contributed by atoms with Crippen LogP contribution in [0.2, 0.25) is 0 Å². The maximum Gasteiger partial charge on any atom is 0.307 e. The highest BCUT2D eigenvalue weighted by Crippen LogP contribution is 2.00. The molecule has 0 atom stereocenters. The fourth-order valence-corrected chi connectivity index (χ4v) is 1.12. The van der Waals surface area contributed by atoms with E-state index in [1.165, 1.54) is 0 Å². The third kappa shape index (κ3) is 12.9. The first kappa shape index (κ1) is 13.9. The van der Waals surface area contributed by atoms with Crippen molar-refractivity contribution in [2.75, 3.05) is 6.61 Å². The highest BCUT2D eigenvalue weighted by molar-refractivity contribution is 5.68. The lowest BCUT2D eigenvalue weighted by Crippen LogP contribution is -1.89. The first-order valence-corrected chi connectivity index (χ1v) is 5.40. The molecule has 0 aromatic rings. The summed E-state index contributed by atoms with van der Waals surface area (Å²) < 4.78 is 0. The summed E-state index contributed by atoms with van der Waals surface area (Å²) in [7, 11) is 0. The van der Waals surface area contributed by atoms with Gasteiger partial charge in [-0.25, -0.2) is 0 Å². The van der Waals surface area contributed by atoms with E-state index in [9.17, 15) is 4.79 Å². The van der Waals surface area contributed by atoms with Crippen LogP contribution in [0.1, 0.15) is 38.5 Å². The second-order valence-electron chi connectivity index (χ2n) is 3.35. The Morgan fingerprint density at radius 1 is 1.00 bits per heavy atom. The third-order valence-corrected chi connectivity index (χ3v) is 1.93. The topological polar surface area (TPSA) is 57.5 Å². The van der Waals surface area contributed by atoms with Gasteiger partial charge in [0.2, 0.25) is 0 Å². The van der Waals surface area contributed by atoms with Gasteiger partial charge in [0.05, 0.1) is 6.42 Å². The van der Waals surface area contributed by atoms with Gasteiger partial charge in [-0.2, -0.15) is 0 Å². The summed E-state index contributed by atoms with van der Waals surface area (Å²) >= 11 is 0. The van der Waals surface area contributed by atoms with Gasteiger partial charge in [-0.1, -0.05) is 30.7 Å². The van der Waals surface area contributed by atoms with Gasteiger partial charge in [0.1, 0.15) is 0 Å². The first-order chi connectivity index (χ1) is 7.27. The molecule has 0 aromatic heterocycles. The van der Waals surface area contributed by atoms with E-state index in [-0.39, 0.29) is 13.0 Å². The molecule has 86 valence electrons. The van der Waals surface area contributed by atoms with Gasteiger partial charge in [0.25, 0.3) is 0 Å². The number of carboxylic acid groups (broad SMARTS) is 1. The summed E-state index contributed by atoms with van der Waals surface area (Å²) in [4.78, 5) is 10.1. The Kier molecular flexibility index (Phi) is 10.2. The summed E-state index contributed by atoms with van der Waals surface area (Å²) in [6.07, 6.45) is 12.7. The number of carboxylic acids is 1. The predicted molar refractivity (Wildman–Crippen MR) is 60.7 cm³/mol. The van der Waals surface area contributed by atoms with Crippen LogP contribution in [0, 0.1) is 0 Å². The van der Waals surface area contributed by atoms with Gasteiger partial charge >= 0.3 is 5.97 Å². The Labute approximate surface area is 91.1 Å². The summed E-state index contributed by atoms with van der Waals surface area (Å²) in [5.41, 5.74) is 0. The van der Waals surface area contributed by atoms with Gasteiger partial charge in [0.15, 0.2) is 0 Å². The quantitative estimate of drug-likeness (QED) is 0.456. The molecule has 0 amide bonds. The van der Waals surface area contributed by atoms with Crippen molar-refractivity contribution in [2.45, 2.75) is 38.5 Å². The third-order valence-electron chi connectivity index (χ3n) is 1.93. The van der Waals surface area contributed by atoms with Crippen LogP contribution >= 0.6 is 0 Å². The molecule has 0 aliphatic heterocycles. The summed E-state index contributed by atoms with van der Waals surface area (Å²) in [6.45, 7) is 0.279. The molecular formula is C12H20O3. The second kappa shape index (κ2) is 11.0. The van der Waals surface area contributed by atoms with Crippen molar-refractivity contribution in [3.8, 4) is 0 Å². The molecule has 0 saturated carbocycles. The Morgan fingerprint density at radius 2 is 1.73 bits per heavy atom. The fourth-order valence-electron chi connectivity index (χ4n) is 1.12. The number of aliphatic carboxylic acids is 1. The zero-order valence-corrected chi connectivity index (χ0v) is 9.06. The molecule has 0 bridgehead atoms. The molecule has 0 saturated heterocycles. The van der Waals surface area contributed by atoms with Crippen molar-refractivity contribution in [1.82, 2.24) is 0 Å². The molecule has 15 heavy (non-hydrogen) atoms. The van der Waals surface area contributed by atoms with Crippen molar-refractivity contribution in [2.24, 2.45) is 0 Å². The van der Waals surface area contributed by atoms with E-state index in [1.807, 2.05) is 12.2 Å². The molecule has 0 aromatic carbocycles. The van der Waals surface area contributed by atoms with E-state index in [4.69, 9.17) is 10.2 Å². The second-order valence-corrected chi connectivity index (χ2v) is 3.35. The number of hydrogen-bond acceptors (Lipinski definition) is 2. The molecule has 0 rings (SSSR count). The molecule has 0 spiro atoms. The summed E-state index contributed by atoms with van der Waals surface area (Å²) in [5.74, 6) is -0.792. The zero-order valence-electron chi connectivity index (χ0n) is 9.06. The van der Waals surface area contributed by atoms with E-state index in [2.05, 4.69) is 6.08 Å². The van der Waals surface area contributed by atoms with E-state index in [1.54, 1.807) is 6.08 Å². The lowest BCUT2D eigenvalue weighted by Gasteiger charge is -1.93. The van der Waals surface area contributed by atoms with E-state index < -0.39 is 5.97 Å². The van der Waals surface area contributed by atoms with Crippen molar-refractivity contribution in [3.63, 3.8) is 0 Å². The molecule has 0 unspecified atom stereocenters. The van der Waals surface area contributed by atoms with E-state index >= 15 is 0 Å². The Bertz CT molecular complexity index is 207. The van der Waals surface area contributed by atoms with Crippen molar-refractivity contribution in [1.29, 1.82) is 0 Å². The number of unbranched alkanes of at least 4 members (excludes halogenated alkanes) is 3. The maximum absolute atomic E-state index is 10.1. The predicted octanol–water partition coefficient (Wildman–Crippen LogP) is 2.52. The minimum absolute atomic E-state index is 0.102. The number of allylic oxidation sites excluding steroid dienone is 3. The van der Waals surface area contributed by atoms with Crippen LogP contribution in [0.4, 0.5) is 0 Å². The normalized spacial score (nSPS) is 11.5. The number of aliphatic hydroxyl groups excluding tert-OH is 1. The minimum Gasteiger partial charge on any atom is -0.481 e. The van der Waals surface area contributed by atoms with Gasteiger partial charge < -0.3 is 10.2 Å². The zero-order chi connectivity index (χ0) is 11.4. The summed E-state index contributed by atoms with van der Waals surface area (Å²) in [6, 6.07) is 0. The largest absolute Gasteiger partial charge is 0.481 e. The van der Waals surface area contributed by atoms with Crippen molar-refractivity contribution >= 4 is 5.97 Å². The molecule has 3 nitrogen and oxygen atoms in total. The molecule has 0 aliphatic carbocycles. The van der Waals surface area contributed by atoms with Gasteiger partial charge in [-0.3, -0.25) is 4.79 Å². The van der Waals surface area contributed by atoms with Crippen LogP contribution in [-0.2, 0) is 4.79 Å². The average molecular weight is 212 g/mol. The molecule has 0 radical (unpaired) electrons. The smallest absolute Gasteiger partial charge is 0.307 e. The van der Waals surface area contributed by atoms with Crippen molar-refractivity contribution < 1.29 is 15.0 Å². The minimum atomic E-state index is -0.792. The van der Waals surface area contributed by atoms with Crippen LogP contribution in [0.25, 0.3) is 0 Å². The highest BCUT2D eigenvalue weighted by Gasteiger charge is 1.87. The monoisotopic (exact) mass is 212 g/mol. The Morgan fingerprint density at radius 3 is 2.40 bits per heavy atom. The van der Waals surface area contributed by atoms with Crippen LogP contribution in [0.5, 0.6) is 0 Å². The maximum atomic E-state index is 10.1. The Balaban J connectivity index is 3.23. The van der Waals surface area contributed by atoms with E-state index in [0.29, 0.717) is 0 Å². The van der Waals surface area contributed by atoms with Crippen LogP contribution in [0.15, 0.2) is 24.3 Å². The lowest BCUT2D eigenvalue weighted by atomic mass is 10.2. The van der Waals surface area contributed by atoms with Crippen LogP contribution in [0.3, 0.4) is 0 Å². The Hall–Kier alpha value is -1.09. The molecular weight excluding hydrogens is 192 g/mol. The standard InChI is InChI=1S/C12H20O3/c13-11-9-7-5-3-1-2-4-6-8-10-12(14)15/h1-2,6,8,13H,3-5,7,9-11H2,(H,14,15)/b2-1-,8-6-. The van der Waals surface area contributed by atoms with Crippen LogP contribution in [-0.4, -0.2) is 22.8 Å². The summed E-state index contributed by atoms with van der Waals surface area (Å²) in [5, 5.41) is 16.9. The van der Waals surface area contributed by atoms with Crippen LogP contribution < -0.4 is 0 Å². The molecule has 0 aliphatic rings. The van der Waals surface area contributed by atoms with Gasteiger partial charge in [0, 0.05) is 6.61 Å². The molecule has 0 heterocycles. The first-order valence-electron chi connectivity index (χ1n) is 5.40. The van der Waals surface area contributed by atoms with Crippen molar-refractivity contribution in [3.05, 3.63) is 24.3 Å². The lowest BCUT2D eigenvalue weighted by molar-refractivity contribution is -0.136. The molecule has 2 N–H and O–H groups in total. The van der Waals surface area contributed by atoms with E-state index in [0.717, 1.165) is 32.1 Å². The number of aliphatic hydroxyl groups is 1. The SMILES string of the molecule is O=C(O)C/C=C\C/C=C\CCCCCO. The average Bonchev–Trinajstić information content (AvgIpc) is 2.20. The van der Waals surface area contributed by atoms with Gasteiger partial charge in [-0.15, -0.1) is 0 Å². The molecule has 0 fully saturated rings.